The van der Waals surface area contributed by atoms with Gasteiger partial charge in [-0.1, -0.05) is 30.2 Å². The van der Waals surface area contributed by atoms with E-state index in [0.29, 0.717) is 47.5 Å². The zero-order valence-corrected chi connectivity index (χ0v) is 22.3. The summed E-state index contributed by atoms with van der Waals surface area (Å²) in [5.74, 6) is 0.791. The summed E-state index contributed by atoms with van der Waals surface area (Å²) in [5, 5.41) is 3.33. The first-order chi connectivity index (χ1) is 18.3. The molecule has 1 amide bonds. The van der Waals surface area contributed by atoms with E-state index in [1.54, 1.807) is 40.8 Å². The Morgan fingerprint density at radius 1 is 1.11 bits per heavy atom. The molecule has 1 unspecified atom stereocenters. The van der Waals surface area contributed by atoms with E-state index in [-0.39, 0.29) is 12.0 Å². The number of pyridine rings is 1. The smallest absolute Gasteiger partial charge is 0.244 e. The number of amides is 1. The van der Waals surface area contributed by atoms with E-state index >= 15 is 0 Å². The molecule has 2 aromatic carbocycles. The summed E-state index contributed by atoms with van der Waals surface area (Å²) in [6.07, 6.45) is 7.91. The Morgan fingerprint density at radius 2 is 1.87 bits per heavy atom. The van der Waals surface area contributed by atoms with Gasteiger partial charge in [-0.05, 0) is 72.0 Å². The molecule has 1 atom stereocenters. The number of anilines is 1. The number of aromatic nitrogens is 1. The first-order valence-electron chi connectivity index (χ1n) is 12.6. The monoisotopic (exact) mass is 552 g/mol. The van der Waals surface area contributed by atoms with Crippen molar-refractivity contribution >= 4 is 39.4 Å². The van der Waals surface area contributed by atoms with E-state index in [1.807, 2.05) is 24.3 Å². The molecule has 2 aliphatic rings. The topological polar surface area (TPSA) is 115 Å². The molecule has 0 spiro atoms. The molecule has 0 saturated carbocycles. The van der Waals surface area contributed by atoms with Gasteiger partial charge in [-0.3, -0.25) is 4.79 Å². The molecule has 198 valence electrons. The van der Waals surface area contributed by atoms with Gasteiger partial charge < -0.3 is 15.8 Å². The molecular formula is C28H29ClN4O4S. The van der Waals surface area contributed by atoms with Gasteiger partial charge in [-0.15, -0.1) is 0 Å². The largest absolute Gasteiger partial charge is 0.486 e. The number of nitrogens with zero attached hydrogens (tertiary/aromatic N) is 2. The molecule has 8 nitrogen and oxygen atoms in total. The molecular weight excluding hydrogens is 524 g/mol. The fraction of sp³-hybridized carbons (Fsp3) is 0.286. The zero-order chi connectivity index (χ0) is 26.7. The highest BCUT2D eigenvalue weighted by Gasteiger charge is 2.28. The van der Waals surface area contributed by atoms with Crippen LogP contribution in [0.25, 0.3) is 17.2 Å². The molecule has 38 heavy (non-hydrogen) atoms. The van der Waals surface area contributed by atoms with Crippen LogP contribution in [0.4, 0.5) is 5.82 Å². The van der Waals surface area contributed by atoms with Crippen LogP contribution in [0.2, 0.25) is 5.02 Å². The van der Waals surface area contributed by atoms with Crippen LogP contribution in [0.1, 0.15) is 30.4 Å². The number of ether oxygens (including phenoxy) is 1. The number of rotatable bonds is 7. The molecule has 0 radical (unpaired) electrons. The number of benzene rings is 2. The van der Waals surface area contributed by atoms with Crippen molar-refractivity contribution in [1.29, 1.82) is 0 Å². The van der Waals surface area contributed by atoms with Crippen molar-refractivity contribution in [2.45, 2.75) is 36.7 Å². The van der Waals surface area contributed by atoms with Gasteiger partial charge in [0.2, 0.25) is 15.9 Å². The van der Waals surface area contributed by atoms with Gasteiger partial charge in [-0.25, -0.2) is 13.4 Å². The third-order valence-corrected chi connectivity index (χ3v) is 8.93. The van der Waals surface area contributed by atoms with E-state index in [9.17, 15) is 13.2 Å². The number of sulfonamides is 1. The Labute approximate surface area is 227 Å². The standard InChI is InChI=1S/C28H29ClN4O4S/c29-25-16-21(20-6-8-24(9-7-20)38(35,36)33-12-2-1-3-13-33)14-22-15-23(37-28(22)25)18-32-27(34)11-5-19-4-10-26(30)31-17-19/h4-11,14,16-17,23H,1-3,12-13,15,18H2,(H2,30,31)(H,32,34)/b11-5+. The number of carbonyl (C=O) groups excluding carboxylic acids is 1. The molecule has 10 heteroatoms. The molecule has 0 aliphatic carbocycles. The van der Waals surface area contributed by atoms with Crippen molar-refractivity contribution in [3.8, 4) is 16.9 Å². The van der Waals surface area contributed by atoms with E-state index in [0.717, 1.165) is 41.5 Å². The minimum Gasteiger partial charge on any atom is -0.486 e. The average molecular weight is 553 g/mol. The van der Waals surface area contributed by atoms with Gasteiger partial charge in [-0.2, -0.15) is 4.31 Å². The van der Waals surface area contributed by atoms with Gasteiger partial charge in [0.25, 0.3) is 0 Å². The van der Waals surface area contributed by atoms with Crippen LogP contribution >= 0.6 is 11.6 Å². The number of hydrogen-bond acceptors (Lipinski definition) is 6. The van der Waals surface area contributed by atoms with Crippen molar-refractivity contribution in [1.82, 2.24) is 14.6 Å². The second kappa shape index (κ2) is 11.1. The maximum absolute atomic E-state index is 13.0. The quantitative estimate of drug-likeness (QED) is 0.423. The lowest BCUT2D eigenvalue weighted by Gasteiger charge is -2.25. The fourth-order valence-corrected chi connectivity index (χ4v) is 6.50. The van der Waals surface area contributed by atoms with E-state index in [4.69, 9.17) is 22.1 Å². The lowest BCUT2D eigenvalue weighted by molar-refractivity contribution is -0.116. The highest BCUT2D eigenvalue weighted by atomic mass is 35.5. The van der Waals surface area contributed by atoms with Gasteiger partial charge in [0, 0.05) is 37.3 Å². The first-order valence-corrected chi connectivity index (χ1v) is 14.4. The highest BCUT2D eigenvalue weighted by molar-refractivity contribution is 7.89. The maximum Gasteiger partial charge on any atom is 0.244 e. The normalized spacial score (nSPS) is 17.8. The first kappa shape index (κ1) is 26.2. The van der Waals surface area contributed by atoms with E-state index < -0.39 is 10.0 Å². The highest BCUT2D eigenvalue weighted by Crippen LogP contribution is 2.39. The third kappa shape index (κ3) is 5.85. The lowest BCUT2D eigenvalue weighted by atomic mass is 10.0. The van der Waals surface area contributed by atoms with Crippen molar-refractivity contribution in [3.05, 3.63) is 77.0 Å². The Hall–Kier alpha value is -3.40. The molecule has 3 heterocycles. The summed E-state index contributed by atoms with van der Waals surface area (Å²) < 4.78 is 33.5. The Morgan fingerprint density at radius 3 is 2.58 bits per heavy atom. The summed E-state index contributed by atoms with van der Waals surface area (Å²) in [5.41, 5.74) is 9.04. The molecule has 0 bridgehead atoms. The number of nitrogens with one attached hydrogen (secondary N) is 1. The molecule has 2 aliphatic heterocycles. The minimum absolute atomic E-state index is 0.243. The van der Waals surface area contributed by atoms with Crippen LogP contribution in [-0.2, 0) is 21.2 Å². The molecule has 1 fully saturated rings. The lowest BCUT2D eigenvalue weighted by Crippen LogP contribution is -2.35. The van der Waals surface area contributed by atoms with Gasteiger partial charge >= 0.3 is 0 Å². The van der Waals surface area contributed by atoms with Crippen LogP contribution in [-0.4, -0.2) is 49.4 Å². The second-order valence-corrected chi connectivity index (χ2v) is 11.8. The zero-order valence-electron chi connectivity index (χ0n) is 20.8. The number of hydrogen-bond donors (Lipinski definition) is 2. The van der Waals surface area contributed by atoms with Gasteiger partial charge in [0.1, 0.15) is 17.7 Å². The summed E-state index contributed by atoms with van der Waals surface area (Å²) in [7, 11) is -3.48. The summed E-state index contributed by atoms with van der Waals surface area (Å²) in [6, 6.07) is 14.2. The number of carbonyl (C=O) groups is 1. The molecule has 5 rings (SSSR count). The van der Waals surface area contributed by atoms with Crippen molar-refractivity contribution in [3.63, 3.8) is 0 Å². The van der Waals surface area contributed by atoms with Crippen molar-refractivity contribution < 1.29 is 17.9 Å². The Bertz CT molecular complexity index is 1450. The molecule has 1 saturated heterocycles. The molecule has 3 N–H and O–H groups in total. The number of halogens is 1. The number of nitrogens with two attached hydrogens (primary N) is 1. The van der Waals surface area contributed by atoms with E-state index in [2.05, 4.69) is 10.3 Å². The van der Waals surface area contributed by atoms with Crippen molar-refractivity contribution in [2.75, 3.05) is 25.4 Å². The molecule has 3 aromatic rings. The predicted molar refractivity (Wildman–Crippen MR) is 148 cm³/mol. The summed E-state index contributed by atoms with van der Waals surface area (Å²) in [4.78, 5) is 16.5. The van der Waals surface area contributed by atoms with Crippen LogP contribution in [0.3, 0.4) is 0 Å². The third-order valence-electron chi connectivity index (χ3n) is 6.73. The summed E-state index contributed by atoms with van der Waals surface area (Å²) in [6.45, 7) is 1.47. The fourth-order valence-electron chi connectivity index (χ4n) is 4.70. The predicted octanol–water partition coefficient (Wildman–Crippen LogP) is 4.29. The SMILES string of the molecule is Nc1ccc(/C=C/C(=O)NCC2Cc3cc(-c4ccc(S(=O)(=O)N5CCCCC5)cc4)cc(Cl)c3O2)cn1. The number of piperidine rings is 1. The second-order valence-electron chi connectivity index (χ2n) is 9.47. The van der Waals surface area contributed by atoms with Crippen molar-refractivity contribution in [2.24, 2.45) is 0 Å². The maximum atomic E-state index is 13.0. The van der Waals surface area contributed by atoms with E-state index in [1.165, 1.54) is 6.08 Å². The minimum atomic E-state index is -3.48. The van der Waals surface area contributed by atoms with Crippen LogP contribution in [0.15, 0.2) is 65.7 Å². The van der Waals surface area contributed by atoms with Crippen LogP contribution in [0, 0.1) is 0 Å². The van der Waals surface area contributed by atoms with Crippen LogP contribution < -0.4 is 15.8 Å². The Kier molecular flexibility index (Phi) is 7.69. The van der Waals surface area contributed by atoms with Crippen LogP contribution in [0.5, 0.6) is 5.75 Å². The number of fused-ring (bicyclic) bond motifs is 1. The van der Waals surface area contributed by atoms with Gasteiger partial charge in [0.15, 0.2) is 0 Å². The summed E-state index contributed by atoms with van der Waals surface area (Å²) >= 11 is 6.55. The average Bonchev–Trinajstić information content (AvgIpc) is 3.36. The van der Waals surface area contributed by atoms with Gasteiger partial charge in [0.05, 0.1) is 16.5 Å². The Balaban J connectivity index is 1.22. The number of nitrogen functional groups attached to an aromatic ring is 1. The molecule has 1 aromatic heterocycles.